The van der Waals surface area contributed by atoms with Crippen molar-refractivity contribution in [2.75, 3.05) is 31.6 Å². The molecule has 0 bridgehead atoms. The Bertz CT molecular complexity index is 812. The second-order valence-electron chi connectivity index (χ2n) is 7.45. The van der Waals surface area contributed by atoms with Gasteiger partial charge >= 0.3 is 0 Å². The van der Waals surface area contributed by atoms with Crippen molar-refractivity contribution in [3.05, 3.63) is 36.7 Å². The molecule has 150 valence electrons. The van der Waals surface area contributed by atoms with Crippen LogP contribution in [0, 0.1) is 5.92 Å². The van der Waals surface area contributed by atoms with Gasteiger partial charge in [0.05, 0.1) is 7.11 Å². The van der Waals surface area contributed by atoms with Crippen molar-refractivity contribution < 1.29 is 14.3 Å². The summed E-state index contributed by atoms with van der Waals surface area (Å²) in [4.78, 5) is 25.2. The standard InChI is InChI=1S/C21H28N4O3/c1-15(2)11-21(26)25-10-9-24(13-16(25)3)19-12-20(23-14-22-19)28-18-8-6-5-7-17(18)27-4/h5-8,12,14-16H,9-11,13H2,1-4H3/t16-/m0/s1. The largest absolute Gasteiger partial charge is 0.493 e. The second-order valence-corrected chi connectivity index (χ2v) is 7.45. The molecule has 1 aromatic carbocycles. The van der Waals surface area contributed by atoms with Gasteiger partial charge in [-0.2, -0.15) is 0 Å². The third-order valence-corrected chi connectivity index (χ3v) is 4.77. The zero-order valence-corrected chi connectivity index (χ0v) is 17.0. The van der Waals surface area contributed by atoms with Gasteiger partial charge in [-0.3, -0.25) is 4.79 Å². The molecule has 0 unspecified atom stereocenters. The Morgan fingerprint density at radius 1 is 1.21 bits per heavy atom. The Hall–Kier alpha value is -2.83. The van der Waals surface area contributed by atoms with E-state index in [9.17, 15) is 4.79 Å². The normalized spacial score (nSPS) is 17.0. The molecule has 2 aromatic rings. The number of aromatic nitrogens is 2. The maximum atomic E-state index is 12.4. The van der Waals surface area contributed by atoms with Crippen LogP contribution in [-0.2, 0) is 4.79 Å². The molecule has 1 aromatic heterocycles. The zero-order valence-electron chi connectivity index (χ0n) is 17.0. The highest BCUT2D eigenvalue weighted by atomic mass is 16.5. The van der Waals surface area contributed by atoms with Gasteiger partial charge in [0.15, 0.2) is 11.5 Å². The Labute approximate surface area is 166 Å². The first-order chi connectivity index (χ1) is 13.5. The first-order valence-electron chi connectivity index (χ1n) is 9.65. The summed E-state index contributed by atoms with van der Waals surface area (Å²) in [7, 11) is 1.61. The monoisotopic (exact) mass is 384 g/mol. The van der Waals surface area contributed by atoms with E-state index in [4.69, 9.17) is 9.47 Å². The van der Waals surface area contributed by atoms with Gasteiger partial charge in [-0.15, -0.1) is 0 Å². The fourth-order valence-electron chi connectivity index (χ4n) is 3.38. The lowest BCUT2D eigenvalue weighted by Crippen LogP contribution is -2.54. The number of amides is 1. The van der Waals surface area contributed by atoms with Crippen molar-refractivity contribution in [1.29, 1.82) is 0 Å². The van der Waals surface area contributed by atoms with Crippen LogP contribution in [0.1, 0.15) is 27.2 Å². The van der Waals surface area contributed by atoms with Crippen LogP contribution in [0.15, 0.2) is 36.7 Å². The number of nitrogens with zero attached hydrogens (tertiary/aromatic N) is 4. The van der Waals surface area contributed by atoms with E-state index in [1.165, 1.54) is 6.33 Å². The molecule has 0 aliphatic carbocycles. The number of benzene rings is 1. The molecule has 7 heteroatoms. The lowest BCUT2D eigenvalue weighted by Gasteiger charge is -2.40. The molecule has 1 saturated heterocycles. The van der Waals surface area contributed by atoms with Crippen LogP contribution in [0.4, 0.5) is 5.82 Å². The van der Waals surface area contributed by atoms with E-state index in [1.807, 2.05) is 35.2 Å². The van der Waals surface area contributed by atoms with Gasteiger partial charge in [0.1, 0.15) is 12.1 Å². The summed E-state index contributed by atoms with van der Waals surface area (Å²) in [6.45, 7) is 8.39. The Morgan fingerprint density at radius 3 is 2.64 bits per heavy atom. The highest BCUT2D eigenvalue weighted by molar-refractivity contribution is 5.77. The summed E-state index contributed by atoms with van der Waals surface area (Å²) >= 11 is 0. The fraction of sp³-hybridized carbons (Fsp3) is 0.476. The number of methoxy groups -OCH3 is 1. The van der Waals surface area contributed by atoms with E-state index in [0.717, 1.165) is 18.9 Å². The van der Waals surface area contributed by atoms with E-state index < -0.39 is 0 Å². The number of carbonyl (C=O) groups is 1. The predicted octanol–water partition coefficient (Wildman–Crippen LogP) is 3.36. The first-order valence-corrected chi connectivity index (χ1v) is 9.65. The molecule has 1 amide bonds. The molecule has 0 saturated carbocycles. The van der Waals surface area contributed by atoms with E-state index in [-0.39, 0.29) is 11.9 Å². The van der Waals surface area contributed by atoms with E-state index >= 15 is 0 Å². The summed E-state index contributed by atoms with van der Waals surface area (Å²) in [5.74, 6) is 3.10. The molecular weight excluding hydrogens is 356 g/mol. The van der Waals surface area contributed by atoms with Crippen molar-refractivity contribution in [1.82, 2.24) is 14.9 Å². The summed E-state index contributed by atoms with van der Waals surface area (Å²) in [5, 5.41) is 0. The van der Waals surface area contributed by atoms with Crippen molar-refractivity contribution in [3.63, 3.8) is 0 Å². The van der Waals surface area contributed by atoms with Crippen LogP contribution in [0.2, 0.25) is 0 Å². The highest BCUT2D eigenvalue weighted by Gasteiger charge is 2.28. The molecule has 1 fully saturated rings. The van der Waals surface area contributed by atoms with Crippen LogP contribution < -0.4 is 14.4 Å². The van der Waals surface area contributed by atoms with Crippen LogP contribution in [0.5, 0.6) is 17.4 Å². The number of rotatable bonds is 6. The van der Waals surface area contributed by atoms with Gasteiger partial charge in [0.25, 0.3) is 0 Å². The number of piperazine rings is 1. The minimum atomic E-state index is 0.133. The average Bonchev–Trinajstić information content (AvgIpc) is 2.68. The van der Waals surface area contributed by atoms with Crippen LogP contribution in [-0.4, -0.2) is 53.6 Å². The summed E-state index contributed by atoms with van der Waals surface area (Å²) < 4.78 is 11.2. The van der Waals surface area contributed by atoms with Crippen LogP contribution in [0.3, 0.4) is 0 Å². The Balaban J connectivity index is 1.68. The van der Waals surface area contributed by atoms with Gasteiger partial charge in [-0.1, -0.05) is 26.0 Å². The third-order valence-electron chi connectivity index (χ3n) is 4.77. The van der Waals surface area contributed by atoms with Gasteiger partial charge in [-0.05, 0) is 25.0 Å². The number of anilines is 1. The number of hydrogen-bond donors (Lipinski definition) is 0. The molecule has 1 aliphatic heterocycles. The molecule has 28 heavy (non-hydrogen) atoms. The smallest absolute Gasteiger partial charge is 0.224 e. The molecule has 1 atom stereocenters. The number of para-hydroxylation sites is 2. The molecule has 0 spiro atoms. The molecular formula is C21H28N4O3. The van der Waals surface area contributed by atoms with Crippen molar-refractivity contribution in [2.24, 2.45) is 5.92 Å². The summed E-state index contributed by atoms with van der Waals surface area (Å²) in [6, 6.07) is 9.40. The fourth-order valence-corrected chi connectivity index (χ4v) is 3.38. The SMILES string of the molecule is COc1ccccc1Oc1cc(N2CCN(C(=O)CC(C)C)[C@@H](C)C2)ncn1. The molecule has 2 heterocycles. The van der Waals surface area contributed by atoms with E-state index in [2.05, 4.69) is 35.6 Å². The van der Waals surface area contributed by atoms with Gasteiger partial charge in [-0.25, -0.2) is 9.97 Å². The molecule has 3 rings (SSSR count). The maximum absolute atomic E-state index is 12.4. The quantitative estimate of drug-likeness (QED) is 0.761. The lowest BCUT2D eigenvalue weighted by atomic mass is 10.1. The van der Waals surface area contributed by atoms with Gasteiger partial charge in [0, 0.05) is 38.2 Å². The molecule has 1 aliphatic rings. The molecule has 0 N–H and O–H groups in total. The average molecular weight is 384 g/mol. The van der Waals surface area contributed by atoms with Crippen molar-refractivity contribution in [2.45, 2.75) is 33.2 Å². The van der Waals surface area contributed by atoms with Crippen molar-refractivity contribution in [3.8, 4) is 17.4 Å². The third kappa shape index (κ3) is 4.71. The van der Waals surface area contributed by atoms with Crippen LogP contribution in [0.25, 0.3) is 0 Å². The topological polar surface area (TPSA) is 67.8 Å². The Morgan fingerprint density at radius 2 is 1.96 bits per heavy atom. The maximum Gasteiger partial charge on any atom is 0.224 e. The van der Waals surface area contributed by atoms with E-state index in [0.29, 0.717) is 36.3 Å². The molecule has 0 radical (unpaired) electrons. The van der Waals surface area contributed by atoms with Crippen LogP contribution >= 0.6 is 0 Å². The number of ether oxygens (including phenoxy) is 2. The summed E-state index contributed by atoms with van der Waals surface area (Å²) in [6.07, 6.45) is 2.09. The number of carbonyl (C=O) groups excluding carboxylic acids is 1. The zero-order chi connectivity index (χ0) is 20.1. The summed E-state index contributed by atoms with van der Waals surface area (Å²) in [5.41, 5.74) is 0. The molecule has 7 nitrogen and oxygen atoms in total. The van der Waals surface area contributed by atoms with Gasteiger partial charge in [0.2, 0.25) is 11.8 Å². The highest BCUT2D eigenvalue weighted by Crippen LogP contribution is 2.31. The second kappa shape index (κ2) is 8.91. The minimum absolute atomic E-state index is 0.133. The minimum Gasteiger partial charge on any atom is -0.493 e. The lowest BCUT2D eigenvalue weighted by molar-refractivity contribution is -0.134. The first kappa shape index (κ1) is 19.9. The predicted molar refractivity (Wildman–Crippen MR) is 108 cm³/mol. The van der Waals surface area contributed by atoms with Gasteiger partial charge < -0.3 is 19.3 Å². The van der Waals surface area contributed by atoms with Crippen molar-refractivity contribution >= 4 is 11.7 Å². The number of hydrogen-bond acceptors (Lipinski definition) is 6. The van der Waals surface area contributed by atoms with E-state index in [1.54, 1.807) is 7.11 Å². The Kier molecular flexibility index (Phi) is 6.34.